The smallest absolute Gasteiger partial charge is 0.361 e. The highest BCUT2D eigenvalue weighted by atomic mass is 79.9. The van der Waals surface area contributed by atoms with E-state index in [4.69, 9.17) is 4.74 Å². The van der Waals surface area contributed by atoms with Crippen LogP contribution in [0.3, 0.4) is 0 Å². The first kappa shape index (κ1) is 24.7. The maximum Gasteiger partial charge on any atom is 0.417 e. The topological polar surface area (TPSA) is 48.3 Å². The van der Waals surface area contributed by atoms with Crippen LogP contribution in [0.4, 0.5) is 17.6 Å². The van der Waals surface area contributed by atoms with Crippen LogP contribution >= 0.6 is 15.9 Å². The van der Waals surface area contributed by atoms with Gasteiger partial charge in [-0.2, -0.15) is 13.2 Å². The second-order valence-electron chi connectivity index (χ2n) is 9.55. The van der Waals surface area contributed by atoms with E-state index in [9.17, 15) is 26.0 Å². The molecule has 1 heterocycles. The van der Waals surface area contributed by atoms with Gasteiger partial charge in [0.05, 0.1) is 15.8 Å². The molecule has 1 fully saturated rings. The first-order valence-electron chi connectivity index (χ1n) is 9.99. The summed E-state index contributed by atoms with van der Waals surface area (Å²) in [5.74, 6) is -1.14. The molecule has 4 nitrogen and oxygen atoms in total. The number of sulfone groups is 1. The van der Waals surface area contributed by atoms with E-state index in [-0.39, 0.29) is 27.1 Å². The van der Waals surface area contributed by atoms with Crippen molar-refractivity contribution < 1.29 is 30.7 Å². The molecular weight excluding hydrogens is 518 g/mol. The van der Waals surface area contributed by atoms with Crippen molar-refractivity contribution in [3.8, 4) is 0 Å². The molecular formula is C20H26BrF4NO3SSi. The van der Waals surface area contributed by atoms with Crippen LogP contribution in [0, 0.1) is 5.82 Å². The average molecular weight is 544 g/mol. The van der Waals surface area contributed by atoms with Crippen LogP contribution in [-0.2, 0) is 27.5 Å². The number of rotatable bonds is 7. The Morgan fingerprint density at radius 1 is 1.23 bits per heavy atom. The molecule has 1 aromatic heterocycles. The van der Waals surface area contributed by atoms with Gasteiger partial charge < -0.3 is 9.30 Å². The number of ether oxygens (including phenoxy) is 1. The first-order chi connectivity index (χ1) is 14.1. The largest absolute Gasteiger partial charge is 0.417 e. The fraction of sp³-hybridized carbons (Fsp3) is 0.600. The molecule has 0 amide bonds. The number of nitrogens with zero attached hydrogens (tertiary/aromatic N) is 1. The summed E-state index contributed by atoms with van der Waals surface area (Å²) in [6.07, 6.45) is -3.14. The third-order valence-corrected chi connectivity index (χ3v) is 11.0. The van der Waals surface area contributed by atoms with Gasteiger partial charge in [-0.05, 0) is 53.9 Å². The van der Waals surface area contributed by atoms with E-state index in [1.165, 1.54) is 4.57 Å². The molecule has 11 heteroatoms. The van der Waals surface area contributed by atoms with Crippen molar-refractivity contribution in [3.63, 3.8) is 0 Å². The summed E-state index contributed by atoms with van der Waals surface area (Å²) in [4.78, 5) is 0. The third kappa shape index (κ3) is 4.60. The Bertz CT molecular complexity index is 1100. The van der Waals surface area contributed by atoms with Crippen molar-refractivity contribution in [2.45, 2.75) is 74.6 Å². The number of aromatic nitrogens is 1. The van der Waals surface area contributed by atoms with Crippen molar-refractivity contribution in [2.24, 2.45) is 0 Å². The van der Waals surface area contributed by atoms with Crippen LogP contribution in [0.25, 0.3) is 10.9 Å². The van der Waals surface area contributed by atoms with E-state index in [2.05, 4.69) is 35.6 Å². The minimum atomic E-state index is -4.79. The first-order valence-corrected chi connectivity index (χ1v) is 16.0. The molecule has 2 aromatic rings. The Hall–Kier alpha value is -0.913. The second kappa shape index (κ2) is 8.14. The number of fused-ring (bicyclic) bond motifs is 1. The molecule has 31 heavy (non-hydrogen) atoms. The predicted octanol–water partition coefficient (Wildman–Crippen LogP) is 6.59. The van der Waals surface area contributed by atoms with E-state index < -0.39 is 40.2 Å². The Kier molecular flexibility index (Phi) is 6.49. The van der Waals surface area contributed by atoms with Gasteiger partial charge in [-0.3, -0.25) is 0 Å². The standard InChI is InChI=1S/C20H26BrF4NO3SSi/c1-19(6-5-7-19)30(27,28)16-10-13-17(21)14(20(23,24)25)11-15(22)18(13)26(16)12-29-8-9-31(2,3)4/h10-11H,5-9,12H2,1-4H3. The van der Waals surface area contributed by atoms with Crippen molar-refractivity contribution >= 4 is 44.7 Å². The number of hydrogen-bond acceptors (Lipinski definition) is 3. The maximum absolute atomic E-state index is 14.9. The lowest BCUT2D eigenvalue weighted by atomic mass is 9.86. The van der Waals surface area contributed by atoms with E-state index in [1.807, 2.05) is 0 Å². The molecule has 0 bridgehead atoms. The molecule has 0 saturated heterocycles. The minimum Gasteiger partial charge on any atom is -0.361 e. The van der Waals surface area contributed by atoms with Gasteiger partial charge in [0.2, 0.25) is 0 Å². The predicted molar refractivity (Wildman–Crippen MR) is 118 cm³/mol. The van der Waals surface area contributed by atoms with Gasteiger partial charge >= 0.3 is 6.18 Å². The molecule has 1 aliphatic carbocycles. The summed E-state index contributed by atoms with van der Waals surface area (Å²) in [5, 5.41) is -0.348. The SMILES string of the molecule is CC1(S(=O)(=O)c2cc3c(Br)c(C(F)(F)F)cc(F)c3n2COCC[Si](C)(C)C)CCC1. The lowest BCUT2D eigenvalue weighted by molar-refractivity contribution is -0.138. The van der Waals surface area contributed by atoms with Crippen molar-refractivity contribution in [2.75, 3.05) is 6.61 Å². The Morgan fingerprint density at radius 2 is 1.84 bits per heavy atom. The van der Waals surface area contributed by atoms with Crippen LogP contribution in [0.2, 0.25) is 25.7 Å². The van der Waals surface area contributed by atoms with E-state index in [1.54, 1.807) is 6.92 Å². The molecule has 0 aliphatic heterocycles. The van der Waals surface area contributed by atoms with Crippen molar-refractivity contribution in [3.05, 3.63) is 28.0 Å². The molecule has 3 rings (SSSR count). The van der Waals surface area contributed by atoms with Gasteiger partial charge in [0.25, 0.3) is 0 Å². The molecule has 1 aromatic carbocycles. The highest BCUT2D eigenvalue weighted by Gasteiger charge is 2.47. The lowest BCUT2D eigenvalue weighted by Crippen LogP contribution is -2.42. The normalized spacial score (nSPS) is 17.2. The number of halogens is 5. The van der Waals surface area contributed by atoms with Crippen LogP contribution in [0.1, 0.15) is 31.7 Å². The number of hydrogen-bond donors (Lipinski definition) is 0. The van der Waals surface area contributed by atoms with Crippen molar-refractivity contribution in [1.82, 2.24) is 4.57 Å². The highest BCUT2D eigenvalue weighted by Crippen LogP contribution is 2.46. The molecule has 0 atom stereocenters. The fourth-order valence-corrected chi connectivity index (χ4v) is 7.08. The second-order valence-corrected chi connectivity index (χ2v) is 18.4. The molecule has 0 spiro atoms. The van der Waals surface area contributed by atoms with Gasteiger partial charge in [-0.25, -0.2) is 12.8 Å². The Labute approximate surface area is 189 Å². The van der Waals surface area contributed by atoms with Crippen LogP contribution in [0.15, 0.2) is 21.6 Å². The average Bonchev–Trinajstić information content (AvgIpc) is 2.99. The molecule has 0 unspecified atom stereocenters. The molecule has 174 valence electrons. The summed E-state index contributed by atoms with van der Waals surface area (Å²) in [5.41, 5.74) is -1.40. The summed E-state index contributed by atoms with van der Waals surface area (Å²) >= 11 is 2.93. The third-order valence-electron chi connectivity index (χ3n) is 5.89. The fourth-order valence-electron chi connectivity index (χ4n) is 3.64. The zero-order valence-corrected chi connectivity index (χ0v) is 21.3. The van der Waals surface area contributed by atoms with Gasteiger partial charge in [0.1, 0.15) is 17.6 Å². The van der Waals surface area contributed by atoms with Gasteiger partial charge in [-0.15, -0.1) is 0 Å². The van der Waals surface area contributed by atoms with E-state index in [0.29, 0.717) is 25.5 Å². The van der Waals surface area contributed by atoms with Crippen molar-refractivity contribution in [1.29, 1.82) is 0 Å². The summed E-state index contributed by atoms with van der Waals surface area (Å²) in [7, 11) is -5.34. The zero-order chi connectivity index (χ0) is 23.4. The quantitative estimate of drug-likeness (QED) is 0.225. The minimum absolute atomic E-state index is 0.136. The summed E-state index contributed by atoms with van der Waals surface area (Å²) in [6.45, 7) is 8.19. The zero-order valence-electron chi connectivity index (χ0n) is 17.9. The van der Waals surface area contributed by atoms with E-state index >= 15 is 0 Å². The van der Waals surface area contributed by atoms with Crippen LogP contribution < -0.4 is 0 Å². The Balaban J connectivity index is 2.17. The Morgan fingerprint density at radius 3 is 2.32 bits per heavy atom. The monoisotopic (exact) mass is 543 g/mol. The lowest BCUT2D eigenvalue weighted by Gasteiger charge is -2.37. The number of benzene rings is 1. The molecule has 0 radical (unpaired) electrons. The van der Waals surface area contributed by atoms with E-state index in [0.717, 1.165) is 18.5 Å². The maximum atomic E-state index is 14.9. The van der Waals surface area contributed by atoms with Gasteiger partial charge in [0.15, 0.2) is 9.84 Å². The van der Waals surface area contributed by atoms with Crippen LogP contribution in [-0.4, -0.2) is 32.4 Å². The summed E-state index contributed by atoms with van der Waals surface area (Å²) < 4.78 is 87.3. The highest BCUT2D eigenvalue weighted by molar-refractivity contribution is 9.10. The summed E-state index contributed by atoms with van der Waals surface area (Å²) in [6, 6.07) is 2.35. The van der Waals surface area contributed by atoms with Gasteiger partial charge in [0, 0.05) is 24.5 Å². The van der Waals surface area contributed by atoms with Gasteiger partial charge in [-0.1, -0.05) is 26.1 Å². The molecule has 1 saturated carbocycles. The molecule has 0 N–H and O–H groups in total. The molecule has 1 aliphatic rings. The number of alkyl halides is 3. The van der Waals surface area contributed by atoms with Crippen LogP contribution in [0.5, 0.6) is 0 Å².